The zero-order valence-electron chi connectivity index (χ0n) is 8.98. The topological polar surface area (TPSA) is 86.2 Å². The fourth-order valence-corrected chi connectivity index (χ4v) is 1.32. The Balaban J connectivity index is 2.43. The molecular formula is C9H8F3N5O. The van der Waals surface area contributed by atoms with E-state index >= 15 is 0 Å². The molecule has 0 spiro atoms. The van der Waals surface area contributed by atoms with Crippen LogP contribution in [0, 0.1) is 0 Å². The first-order valence-electron chi connectivity index (χ1n) is 4.94. The molecule has 2 aromatic heterocycles. The number of nitrogens with two attached hydrogens (primary N) is 1. The van der Waals surface area contributed by atoms with Crippen LogP contribution in [0.1, 0.15) is 22.6 Å². The van der Waals surface area contributed by atoms with E-state index in [4.69, 9.17) is 5.73 Å². The monoisotopic (exact) mass is 259 g/mol. The van der Waals surface area contributed by atoms with Gasteiger partial charge in [0, 0.05) is 18.8 Å². The van der Waals surface area contributed by atoms with E-state index in [0.29, 0.717) is 0 Å². The van der Waals surface area contributed by atoms with Crippen LogP contribution in [0.2, 0.25) is 0 Å². The first-order valence-corrected chi connectivity index (χ1v) is 4.94. The van der Waals surface area contributed by atoms with Gasteiger partial charge in [-0.25, -0.2) is 9.50 Å². The van der Waals surface area contributed by atoms with E-state index in [1.54, 1.807) is 0 Å². The zero-order chi connectivity index (χ0) is 13.3. The number of carbonyl (C=O) groups excluding carboxylic acids is 1. The minimum Gasteiger partial charge on any atom is -0.330 e. The van der Waals surface area contributed by atoms with Crippen molar-refractivity contribution in [2.24, 2.45) is 5.73 Å². The van der Waals surface area contributed by atoms with E-state index in [1.165, 1.54) is 0 Å². The third-order valence-electron chi connectivity index (χ3n) is 2.14. The van der Waals surface area contributed by atoms with Gasteiger partial charge >= 0.3 is 6.18 Å². The summed E-state index contributed by atoms with van der Waals surface area (Å²) >= 11 is 0. The molecule has 9 heteroatoms. The van der Waals surface area contributed by atoms with Gasteiger partial charge in [0.05, 0.1) is 5.56 Å². The summed E-state index contributed by atoms with van der Waals surface area (Å²) in [6, 6.07) is 0. The predicted octanol–water partition coefficient (Wildman–Crippen LogP) is 0.675. The Kier molecular flexibility index (Phi) is 2.99. The molecule has 0 aliphatic carbocycles. The van der Waals surface area contributed by atoms with Crippen molar-refractivity contribution in [3.63, 3.8) is 0 Å². The molecule has 6 nitrogen and oxygen atoms in total. The van der Waals surface area contributed by atoms with E-state index < -0.39 is 12.0 Å². The number of carbonyl (C=O) groups is 1. The van der Waals surface area contributed by atoms with Crippen molar-refractivity contribution in [1.82, 2.24) is 19.6 Å². The van der Waals surface area contributed by atoms with Crippen LogP contribution in [0.4, 0.5) is 13.2 Å². The lowest BCUT2D eigenvalue weighted by Crippen LogP contribution is -2.10. The van der Waals surface area contributed by atoms with Gasteiger partial charge in [0.1, 0.15) is 0 Å². The molecule has 0 bridgehead atoms. The molecule has 0 saturated carbocycles. The van der Waals surface area contributed by atoms with Crippen molar-refractivity contribution < 1.29 is 18.0 Å². The number of hydrogen-bond donors (Lipinski definition) is 1. The fraction of sp³-hybridized carbons (Fsp3) is 0.333. The van der Waals surface area contributed by atoms with Gasteiger partial charge in [-0.1, -0.05) is 0 Å². The molecule has 0 unspecified atom stereocenters. The van der Waals surface area contributed by atoms with Crippen molar-refractivity contribution in [3.05, 3.63) is 23.8 Å². The lowest BCUT2D eigenvalue weighted by molar-refractivity contribution is -0.144. The van der Waals surface area contributed by atoms with Gasteiger partial charge in [0.2, 0.25) is 0 Å². The van der Waals surface area contributed by atoms with Crippen molar-refractivity contribution in [2.75, 3.05) is 6.54 Å². The number of Topliss-reactive ketones (excluding diaryl/α,β-unsaturated/α-hetero) is 1. The molecule has 0 saturated heterocycles. The van der Waals surface area contributed by atoms with E-state index in [2.05, 4.69) is 15.1 Å². The van der Waals surface area contributed by atoms with Crippen LogP contribution in [0.15, 0.2) is 12.4 Å². The molecule has 0 atom stereocenters. The molecule has 18 heavy (non-hydrogen) atoms. The standard InChI is InChI=1S/C9H8F3N5O/c10-9(11,12)7-15-8-14-3-5(4-17(8)16-7)6(18)1-2-13/h3-4H,1-2,13H2. The highest BCUT2D eigenvalue weighted by molar-refractivity contribution is 5.95. The third-order valence-corrected chi connectivity index (χ3v) is 2.14. The van der Waals surface area contributed by atoms with Crippen LogP contribution >= 0.6 is 0 Å². The summed E-state index contributed by atoms with van der Waals surface area (Å²) < 4.78 is 37.9. The highest BCUT2D eigenvalue weighted by Gasteiger charge is 2.36. The highest BCUT2D eigenvalue weighted by atomic mass is 19.4. The lowest BCUT2D eigenvalue weighted by Gasteiger charge is -1.98. The largest absolute Gasteiger partial charge is 0.453 e. The summed E-state index contributed by atoms with van der Waals surface area (Å²) in [5, 5.41) is 3.22. The molecule has 0 aliphatic heterocycles. The van der Waals surface area contributed by atoms with Crippen molar-refractivity contribution in [3.8, 4) is 0 Å². The van der Waals surface area contributed by atoms with Crippen LogP contribution in [0.25, 0.3) is 5.78 Å². The maximum Gasteiger partial charge on any atom is 0.453 e. The van der Waals surface area contributed by atoms with Gasteiger partial charge in [-0.05, 0) is 6.54 Å². The number of alkyl halides is 3. The number of fused-ring (bicyclic) bond motifs is 1. The van der Waals surface area contributed by atoms with Gasteiger partial charge in [0.15, 0.2) is 5.78 Å². The van der Waals surface area contributed by atoms with Crippen molar-refractivity contribution in [2.45, 2.75) is 12.6 Å². The number of nitrogens with zero attached hydrogens (tertiary/aromatic N) is 4. The first kappa shape index (κ1) is 12.4. The Bertz CT molecular complexity index is 591. The number of hydrogen-bond acceptors (Lipinski definition) is 5. The number of aromatic nitrogens is 4. The van der Waals surface area contributed by atoms with Gasteiger partial charge in [-0.2, -0.15) is 18.2 Å². The maximum absolute atomic E-state index is 12.4. The van der Waals surface area contributed by atoms with Crippen LogP contribution in [0.5, 0.6) is 0 Å². The van der Waals surface area contributed by atoms with E-state index in [-0.39, 0.29) is 30.1 Å². The van der Waals surface area contributed by atoms with Crippen LogP contribution < -0.4 is 5.73 Å². The molecule has 0 aromatic carbocycles. The minimum absolute atomic E-state index is 0.0913. The number of rotatable bonds is 3. The van der Waals surface area contributed by atoms with E-state index in [1.807, 2.05) is 0 Å². The summed E-state index contributed by atoms with van der Waals surface area (Å²) in [6.45, 7) is 0.155. The zero-order valence-corrected chi connectivity index (χ0v) is 8.98. The summed E-state index contributed by atoms with van der Waals surface area (Å²) in [5.41, 5.74) is 5.36. The quantitative estimate of drug-likeness (QED) is 0.819. The minimum atomic E-state index is -4.64. The normalized spacial score (nSPS) is 12.0. The molecule has 0 fully saturated rings. The molecule has 2 N–H and O–H groups in total. The Hall–Kier alpha value is -2.03. The lowest BCUT2D eigenvalue weighted by atomic mass is 10.2. The molecule has 0 aliphatic rings. The predicted molar refractivity (Wildman–Crippen MR) is 53.8 cm³/mol. The third kappa shape index (κ3) is 2.30. The number of halogens is 3. The highest BCUT2D eigenvalue weighted by Crippen LogP contribution is 2.26. The Labute approximate surface area is 98.6 Å². The van der Waals surface area contributed by atoms with Crippen LogP contribution in [-0.4, -0.2) is 31.9 Å². The SMILES string of the molecule is NCCC(=O)c1cnc2nc(C(F)(F)F)nn2c1. The summed E-state index contributed by atoms with van der Waals surface area (Å²) in [4.78, 5) is 18.3. The Morgan fingerprint density at radius 3 is 2.78 bits per heavy atom. The molecule has 2 heterocycles. The van der Waals surface area contributed by atoms with Gasteiger partial charge < -0.3 is 5.73 Å². The summed E-state index contributed by atoms with van der Waals surface area (Å²) in [6.07, 6.45) is -2.24. The average molecular weight is 259 g/mol. The molecule has 2 rings (SSSR count). The van der Waals surface area contributed by atoms with Gasteiger partial charge in [-0.3, -0.25) is 4.79 Å². The summed E-state index contributed by atoms with van der Waals surface area (Å²) in [7, 11) is 0. The average Bonchev–Trinajstić information content (AvgIpc) is 2.71. The molecule has 2 aromatic rings. The molecule has 0 radical (unpaired) electrons. The Morgan fingerprint density at radius 1 is 1.44 bits per heavy atom. The fourth-order valence-electron chi connectivity index (χ4n) is 1.32. The second kappa shape index (κ2) is 4.33. The smallest absolute Gasteiger partial charge is 0.330 e. The Morgan fingerprint density at radius 2 is 2.17 bits per heavy atom. The second-order valence-electron chi connectivity index (χ2n) is 3.48. The van der Waals surface area contributed by atoms with E-state index in [9.17, 15) is 18.0 Å². The molecule has 96 valence electrons. The van der Waals surface area contributed by atoms with Crippen LogP contribution in [-0.2, 0) is 6.18 Å². The van der Waals surface area contributed by atoms with Crippen LogP contribution in [0.3, 0.4) is 0 Å². The second-order valence-corrected chi connectivity index (χ2v) is 3.48. The molecular weight excluding hydrogens is 251 g/mol. The number of ketones is 1. The van der Waals surface area contributed by atoms with Crippen molar-refractivity contribution >= 4 is 11.6 Å². The summed E-state index contributed by atoms with van der Waals surface area (Å²) in [5.74, 6) is -1.82. The van der Waals surface area contributed by atoms with Gasteiger partial charge in [0.25, 0.3) is 11.6 Å². The van der Waals surface area contributed by atoms with Gasteiger partial charge in [-0.15, -0.1) is 5.10 Å². The first-order chi connectivity index (χ1) is 8.41. The van der Waals surface area contributed by atoms with Crippen molar-refractivity contribution in [1.29, 1.82) is 0 Å². The molecule has 0 amide bonds. The van der Waals surface area contributed by atoms with E-state index in [0.717, 1.165) is 16.9 Å². The maximum atomic E-state index is 12.4.